The van der Waals surface area contributed by atoms with Gasteiger partial charge in [0.05, 0.1) is 12.2 Å². The highest BCUT2D eigenvalue weighted by molar-refractivity contribution is 4.79. The van der Waals surface area contributed by atoms with Crippen molar-refractivity contribution in [3.05, 3.63) is 0 Å². The maximum absolute atomic E-state index is 9.81. The summed E-state index contributed by atoms with van der Waals surface area (Å²) in [6.45, 7) is 4.06. The second-order valence-corrected chi connectivity index (χ2v) is 4.84. The van der Waals surface area contributed by atoms with Crippen molar-refractivity contribution in [1.82, 2.24) is 0 Å². The van der Waals surface area contributed by atoms with Crippen LogP contribution in [0.3, 0.4) is 0 Å². The van der Waals surface area contributed by atoms with Crippen LogP contribution < -0.4 is 0 Å². The van der Waals surface area contributed by atoms with Gasteiger partial charge in [0.25, 0.3) is 0 Å². The van der Waals surface area contributed by atoms with E-state index >= 15 is 0 Å². The van der Waals surface area contributed by atoms with Crippen molar-refractivity contribution in [2.45, 2.75) is 64.6 Å². The molecule has 14 heavy (non-hydrogen) atoms. The molecule has 2 heteroatoms. The van der Waals surface area contributed by atoms with Gasteiger partial charge in [-0.1, -0.05) is 13.3 Å². The predicted molar refractivity (Wildman–Crippen MR) is 58.0 cm³/mol. The molecule has 0 bridgehead atoms. The summed E-state index contributed by atoms with van der Waals surface area (Å²) in [6, 6.07) is 0. The molecule has 0 aliphatic heterocycles. The Morgan fingerprint density at radius 2 is 2.07 bits per heavy atom. The number of rotatable bonds is 4. The van der Waals surface area contributed by atoms with Gasteiger partial charge in [-0.05, 0) is 50.9 Å². The minimum absolute atomic E-state index is 0.114. The molecular weight excluding hydrogens is 176 g/mol. The summed E-state index contributed by atoms with van der Waals surface area (Å²) in [5, 5.41) is 19.0. The Kier molecular flexibility index (Phi) is 4.90. The molecule has 4 atom stereocenters. The van der Waals surface area contributed by atoms with E-state index in [-0.39, 0.29) is 12.2 Å². The molecular formula is C12H24O2. The third-order valence-corrected chi connectivity index (χ3v) is 3.58. The van der Waals surface area contributed by atoms with Crippen molar-refractivity contribution in [3.8, 4) is 0 Å². The van der Waals surface area contributed by atoms with Crippen molar-refractivity contribution in [1.29, 1.82) is 0 Å². The Morgan fingerprint density at radius 3 is 2.64 bits per heavy atom. The number of aliphatic hydroxyl groups is 2. The fourth-order valence-electron chi connectivity index (χ4n) is 2.48. The van der Waals surface area contributed by atoms with Gasteiger partial charge >= 0.3 is 0 Å². The zero-order chi connectivity index (χ0) is 10.6. The van der Waals surface area contributed by atoms with E-state index in [4.69, 9.17) is 0 Å². The van der Waals surface area contributed by atoms with E-state index < -0.39 is 0 Å². The number of aliphatic hydroxyl groups excluding tert-OH is 2. The van der Waals surface area contributed by atoms with Crippen molar-refractivity contribution < 1.29 is 10.2 Å². The standard InChI is InChI=1S/C12H24O2/c1-3-10-5-7-12(14)11(8-10)6-4-9(2)13/h9-14H,3-8H2,1-2H3. The first-order valence-corrected chi connectivity index (χ1v) is 5.99. The Balaban J connectivity index is 2.32. The SMILES string of the molecule is CCC1CCC(O)C(CCC(C)O)C1. The van der Waals surface area contributed by atoms with Gasteiger partial charge in [0.2, 0.25) is 0 Å². The molecule has 0 aromatic rings. The smallest absolute Gasteiger partial charge is 0.0568 e. The van der Waals surface area contributed by atoms with Crippen LogP contribution in [0.15, 0.2) is 0 Å². The molecule has 1 fully saturated rings. The van der Waals surface area contributed by atoms with E-state index in [2.05, 4.69) is 6.92 Å². The average molecular weight is 200 g/mol. The van der Waals surface area contributed by atoms with Gasteiger partial charge in [-0.15, -0.1) is 0 Å². The van der Waals surface area contributed by atoms with Crippen LogP contribution >= 0.6 is 0 Å². The maximum atomic E-state index is 9.81. The predicted octanol–water partition coefficient (Wildman–Crippen LogP) is 2.33. The molecule has 4 unspecified atom stereocenters. The molecule has 2 nitrogen and oxygen atoms in total. The lowest BCUT2D eigenvalue weighted by molar-refractivity contribution is 0.0353. The third kappa shape index (κ3) is 3.58. The van der Waals surface area contributed by atoms with Crippen molar-refractivity contribution in [3.63, 3.8) is 0 Å². The van der Waals surface area contributed by atoms with Crippen LogP contribution in [0.5, 0.6) is 0 Å². The summed E-state index contributed by atoms with van der Waals surface area (Å²) in [5.74, 6) is 1.24. The normalized spacial score (nSPS) is 35.6. The zero-order valence-corrected chi connectivity index (χ0v) is 9.45. The van der Waals surface area contributed by atoms with Crippen LogP contribution in [-0.4, -0.2) is 22.4 Å². The molecule has 0 saturated heterocycles. The van der Waals surface area contributed by atoms with E-state index in [0.717, 1.165) is 31.6 Å². The minimum Gasteiger partial charge on any atom is -0.393 e. The van der Waals surface area contributed by atoms with Crippen LogP contribution in [0.25, 0.3) is 0 Å². The van der Waals surface area contributed by atoms with Gasteiger partial charge in [-0.25, -0.2) is 0 Å². The molecule has 1 rings (SSSR count). The molecule has 0 heterocycles. The number of hydrogen-bond donors (Lipinski definition) is 2. The monoisotopic (exact) mass is 200 g/mol. The molecule has 84 valence electrons. The van der Waals surface area contributed by atoms with E-state index in [1.807, 2.05) is 6.92 Å². The van der Waals surface area contributed by atoms with Crippen LogP contribution in [0, 0.1) is 11.8 Å². The lowest BCUT2D eigenvalue weighted by Gasteiger charge is -2.33. The van der Waals surface area contributed by atoms with Crippen molar-refractivity contribution in [2.75, 3.05) is 0 Å². The molecule has 2 N–H and O–H groups in total. The topological polar surface area (TPSA) is 40.5 Å². The lowest BCUT2D eigenvalue weighted by atomic mass is 9.76. The van der Waals surface area contributed by atoms with Crippen LogP contribution in [0.4, 0.5) is 0 Å². The van der Waals surface area contributed by atoms with Gasteiger partial charge in [-0.3, -0.25) is 0 Å². The van der Waals surface area contributed by atoms with E-state index in [1.165, 1.54) is 12.8 Å². The van der Waals surface area contributed by atoms with Gasteiger partial charge in [0, 0.05) is 0 Å². The highest BCUT2D eigenvalue weighted by Crippen LogP contribution is 2.34. The largest absolute Gasteiger partial charge is 0.393 e. The summed E-state index contributed by atoms with van der Waals surface area (Å²) in [5.41, 5.74) is 0. The molecule has 0 aromatic heterocycles. The molecule has 0 spiro atoms. The van der Waals surface area contributed by atoms with Crippen molar-refractivity contribution >= 4 is 0 Å². The highest BCUT2D eigenvalue weighted by Gasteiger charge is 2.27. The van der Waals surface area contributed by atoms with Crippen LogP contribution in [0.1, 0.15) is 52.4 Å². The van der Waals surface area contributed by atoms with Crippen molar-refractivity contribution in [2.24, 2.45) is 11.8 Å². The Hall–Kier alpha value is -0.0800. The summed E-state index contributed by atoms with van der Waals surface area (Å²) < 4.78 is 0. The fourth-order valence-corrected chi connectivity index (χ4v) is 2.48. The summed E-state index contributed by atoms with van der Waals surface area (Å²) >= 11 is 0. The Bertz CT molecular complexity index is 156. The second kappa shape index (κ2) is 5.72. The molecule has 1 aliphatic carbocycles. The van der Waals surface area contributed by atoms with Gasteiger partial charge in [0.15, 0.2) is 0 Å². The zero-order valence-electron chi connectivity index (χ0n) is 9.45. The third-order valence-electron chi connectivity index (χ3n) is 3.58. The van der Waals surface area contributed by atoms with Gasteiger partial charge < -0.3 is 10.2 Å². The average Bonchev–Trinajstić information content (AvgIpc) is 2.16. The summed E-state index contributed by atoms with van der Waals surface area (Å²) in [7, 11) is 0. The first-order chi connectivity index (χ1) is 6.63. The van der Waals surface area contributed by atoms with E-state index in [1.54, 1.807) is 0 Å². The molecule has 1 saturated carbocycles. The summed E-state index contributed by atoms with van der Waals surface area (Å²) in [4.78, 5) is 0. The van der Waals surface area contributed by atoms with E-state index in [0.29, 0.717) is 5.92 Å². The molecule has 0 radical (unpaired) electrons. The van der Waals surface area contributed by atoms with Gasteiger partial charge in [0.1, 0.15) is 0 Å². The maximum Gasteiger partial charge on any atom is 0.0568 e. The van der Waals surface area contributed by atoms with E-state index in [9.17, 15) is 10.2 Å². The quantitative estimate of drug-likeness (QED) is 0.731. The first-order valence-electron chi connectivity index (χ1n) is 5.99. The lowest BCUT2D eigenvalue weighted by Crippen LogP contribution is -2.29. The Morgan fingerprint density at radius 1 is 1.36 bits per heavy atom. The summed E-state index contributed by atoms with van der Waals surface area (Å²) in [6.07, 6.45) is 6.02. The molecule has 1 aliphatic rings. The number of hydrogen-bond acceptors (Lipinski definition) is 2. The highest BCUT2D eigenvalue weighted by atomic mass is 16.3. The van der Waals surface area contributed by atoms with Gasteiger partial charge in [-0.2, -0.15) is 0 Å². The van der Waals surface area contributed by atoms with Crippen LogP contribution in [0.2, 0.25) is 0 Å². The minimum atomic E-state index is -0.218. The second-order valence-electron chi connectivity index (χ2n) is 4.84. The molecule has 0 amide bonds. The Labute approximate surface area is 87.3 Å². The first kappa shape index (κ1) is 12.0. The fraction of sp³-hybridized carbons (Fsp3) is 1.00. The molecule has 0 aromatic carbocycles. The van der Waals surface area contributed by atoms with Crippen LogP contribution in [-0.2, 0) is 0 Å².